The highest BCUT2D eigenvalue weighted by molar-refractivity contribution is 7.80. The summed E-state index contributed by atoms with van der Waals surface area (Å²) in [6, 6.07) is 7.49. The zero-order valence-electron chi connectivity index (χ0n) is 17.3. The molecule has 0 spiro atoms. The van der Waals surface area contributed by atoms with Gasteiger partial charge in [-0.25, -0.2) is 0 Å². The molecule has 5 heteroatoms. The van der Waals surface area contributed by atoms with E-state index >= 15 is 0 Å². The second-order valence-electron chi connectivity index (χ2n) is 9.29. The third kappa shape index (κ3) is 4.63. The van der Waals surface area contributed by atoms with Gasteiger partial charge in [0.25, 0.3) is 0 Å². The predicted molar refractivity (Wildman–Crippen MR) is 116 cm³/mol. The first-order valence-corrected chi connectivity index (χ1v) is 10.5. The van der Waals surface area contributed by atoms with Crippen molar-refractivity contribution in [2.24, 2.45) is 5.41 Å². The fourth-order valence-electron chi connectivity index (χ4n) is 4.37. The molecule has 1 amide bonds. The van der Waals surface area contributed by atoms with Gasteiger partial charge in [-0.3, -0.25) is 4.79 Å². The quantitative estimate of drug-likeness (QED) is 0.731. The molecule has 2 saturated heterocycles. The molecule has 148 valence electrons. The summed E-state index contributed by atoms with van der Waals surface area (Å²) in [5.74, 6) is 0.148. The molecule has 0 unspecified atom stereocenters. The first kappa shape index (κ1) is 20.1. The number of fused-ring (bicyclic) bond motifs is 2. The predicted octanol–water partition coefficient (Wildman–Crippen LogP) is 4.55. The van der Waals surface area contributed by atoms with Gasteiger partial charge in [0, 0.05) is 29.2 Å². The molecule has 2 aliphatic heterocycles. The highest BCUT2D eigenvalue weighted by atomic mass is 32.1. The molecule has 2 fully saturated rings. The van der Waals surface area contributed by atoms with Crippen LogP contribution in [0.15, 0.2) is 18.2 Å². The SMILES string of the molecule is Cc1ccc(NC(=S)N2[C@H]3CCC[C@H]2CC(NC(=O)C(C)(C)C)C3)c(C)c1. The second-order valence-corrected chi connectivity index (χ2v) is 9.67. The van der Waals surface area contributed by atoms with Gasteiger partial charge in [0.15, 0.2) is 5.11 Å². The number of hydrogen-bond acceptors (Lipinski definition) is 2. The molecule has 2 bridgehead atoms. The fraction of sp³-hybridized carbons (Fsp3) is 0.636. The van der Waals surface area contributed by atoms with Gasteiger partial charge in [-0.05, 0) is 69.8 Å². The zero-order valence-corrected chi connectivity index (χ0v) is 18.1. The fourth-order valence-corrected chi connectivity index (χ4v) is 4.77. The van der Waals surface area contributed by atoms with Gasteiger partial charge in [0.1, 0.15) is 0 Å². The van der Waals surface area contributed by atoms with Gasteiger partial charge in [-0.1, -0.05) is 38.5 Å². The molecule has 27 heavy (non-hydrogen) atoms. The lowest BCUT2D eigenvalue weighted by Crippen LogP contribution is -2.60. The average molecular weight is 388 g/mol. The van der Waals surface area contributed by atoms with E-state index in [1.807, 2.05) is 20.8 Å². The van der Waals surface area contributed by atoms with Crippen molar-refractivity contribution in [3.63, 3.8) is 0 Å². The molecule has 0 aromatic heterocycles. The molecule has 4 nitrogen and oxygen atoms in total. The van der Waals surface area contributed by atoms with Crippen LogP contribution in [0.2, 0.25) is 0 Å². The monoisotopic (exact) mass is 387 g/mol. The zero-order chi connectivity index (χ0) is 19.8. The van der Waals surface area contributed by atoms with E-state index in [1.165, 1.54) is 17.5 Å². The van der Waals surface area contributed by atoms with Crippen LogP contribution in [-0.4, -0.2) is 34.0 Å². The summed E-state index contributed by atoms with van der Waals surface area (Å²) in [5.41, 5.74) is 3.23. The largest absolute Gasteiger partial charge is 0.353 e. The minimum atomic E-state index is -0.341. The van der Waals surface area contributed by atoms with Gasteiger partial charge in [0.2, 0.25) is 5.91 Å². The van der Waals surface area contributed by atoms with E-state index in [9.17, 15) is 4.79 Å². The lowest BCUT2D eigenvalue weighted by Gasteiger charge is -2.50. The maximum absolute atomic E-state index is 12.4. The van der Waals surface area contributed by atoms with Gasteiger partial charge in [-0.2, -0.15) is 0 Å². The molecule has 2 heterocycles. The van der Waals surface area contributed by atoms with E-state index in [0.717, 1.165) is 36.5 Å². The third-order valence-corrected chi connectivity index (χ3v) is 6.16. The first-order chi connectivity index (χ1) is 12.6. The number of carbonyl (C=O) groups is 1. The van der Waals surface area contributed by atoms with Gasteiger partial charge in [-0.15, -0.1) is 0 Å². The summed E-state index contributed by atoms with van der Waals surface area (Å²) >= 11 is 5.82. The van der Waals surface area contributed by atoms with Crippen LogP contribution in [0.25, 0.3) is 0 Å². The number of aryl methyl sites for hydroxylation is 2. The molecule has 2 aliphatic rings. The van der Waals surface area contributed by atoms with Crippen molar-refractivity contribution < 1.29 is 4.79 Å². The molecule has 3 rings (SSSR count). The van der Waals surface area contributed by atoms with Crippen LogP contribution >= 0.6 is 12.2 Å². The Morgan fingerprint density at radius 2 is 1.78 bits per heavy atom. The van der Waals surface area contributed by atoms with Crippen LogP contribution in [0.5, 0.6) is 0 Å². The van der Waals surface area contributed by atoms with E-state index in [4.69, 9.17) is 12.2 Å². The molecule has 2 N–H and O–H groups in total. The van der Waals surface area contributed by atoms with Crippen LogP contribution in [0.1, 0.15) is 64.0 Å². The molecule has 0 aliphatic carbocycles. The van der Waals surface area contributed by atoms with Crippen molar-refractivity contribution in [1.82, 2.24) is 10.2 Å². The summed E-state index contributed by atoms with van der Waals surface area (Å²) in [5, 5.41) is 7.60. The van der Waals surface area contributed by atoms with Crippen molar-refractivity contribution >= 4 is 28.9 Å². The standard InChI is InChI=1S/C22H33N3OS/c1-14-9-10-19(15(2)11-14)24-21(27)25-17-7-6-8-18(25)13-16(12-17)23-20(26)22(3,4)5/h9-11,16-18H,6-8,12-13H2,1-5H3,(H,23,26)(H,24,27)/t17-,18-/m0/s1. The number of nitrogens with one attached hydrogen (secondary N) is 2. The number of hydrogen-bond donors (Lipinski definition) is 2. The normalized spacial score (nSPS) is 25.1. The number of rotatable bonds is 2. The second kappa shape index (κ2) is 7.78. The Bertz CT molecular complexity index is 711. The van der Waals surface area contributed by atoms with Crippen LogP contribution in [0.4, 0.5) is 5.69 Å². The average Bonchev–Trinajstić information content (AvgIpc) is 2.55. The number of benzene rings is 1. The Morgan fingerprint density at radius 1 is 1.15 bits per heavy atom. The minimum absolute atomic E-state index is 0.148. The molecule has 1 aromatic carbocycles. The molecule has 0 radical (unpaired) electrons. The topological polar surface area (TPSA) is 44.4 Å². The van der Waals surface area contributed by atoms with E-state index in [-0.39, 0.29) is 17.4 Å². The third-order valence-electron chi connectivity index (χ3n) is 5.85. The summed E-state index contributed by atoms with van der Waals surface area (Å²) in [7, 11) is 0. The van der Waals surface area contributed by atoms with E-state index < -0.39 is 0 Å². The maximum atomic E-state index is 12.4. The maximum Gasteiger partial charge on any atom is 0.225 e. The van der Waals surface area contributed by atoms with Crippen LogP contribution in [0.3, 0.4) is 0 Å². The summed E-state index contributed by atoms with van der Waals surface area (Å²) in [6.07, 6.45) is 5.50. The smallest absolute Gasteiger partial charge is 0.225 e. The van der Waals surface area contributed by atoms with Gasteiger partial charge < -0.3 is 15.5 Å². The summed E-state index contributed by atoms with van der Waals surface area (Å²) in [6.45, 7) is 10.1. The van der Waals surface area contributed by atoms with Crippen LogP contribution < -0.4 is 10.6 Å². The summed E-state index contributed by atoms with van der Waals surface area (Å²) in [4.78, 5) is 14.8. The molecular weight excluding hydrogens is 354 g/mol. The van der Waals surface area contributed by atoms with E-state index in [0.29, 0.717) is 12.1 Å². The number of carbonyl (C=O) groups excluding carboxylic acids is 1. The van der Waals surface area contributed by atoms with Gasteiger partial charge in [0.05, 0.1) is 0 Å². The highest BCUT2D eigenvalue weighted by Crippen LogP contribution is 2.35. The molecular formula is C22H33N3OS. The Morgan fingerprint density at radius 3 is 2.33 bits per heavy atom. The molecule has 1 aromatic rings. The van der Waals surface area contributed by atoms with E-state index in [2.05, 4.69) is 47.6 Å². The Hall–Kier alpha value is -1.62. The Balaban J connectivity index is 1.68. The van der Waals surface area contributed by atoms with Crippen molar-refractivity contribution in [2.75, 3.05) is 5.32 Å². The molecule has 2 atom stereocenters. The first-order valence-electron chi connectivity index (χ1n) is 10.1. The van der Waals surface area contributed by atoms with Gasteiger partial charge >= 0.3 is 0 Å². The van der Waals surface area contributed by atoms with Crippen molar-refractivity contribution in [2.45, 2.75) is 84.8 Å². The van der Waals surface area contributed by atoms with E-state index in [1.54, 1.807) is 0 Å². The Labute approximate surface area is 169 Å². The summed E-state index contributed by atoms with van der Waals surface area (Å²) < 4.78 is 0. The number of piperidine rings is 2. The lowest BCUT2D eigenvalue weighted by molar-refractivity contribution is -0.129. The molecule has 0 saturated carbocycles. The lowest BCUT2D eigenvalue weighted by atomic mass is 9.81. The minimum Gasteiger partial charge on any atom is -0.353 e. The van der Waals surface area contributed by atoms with Crippen molar-refractivity contribution in [3.05, 3.63) is 29.3 Å². The number of anilines is 1. The number of amides is 1. The van der Waals surface area contributed by atoms with Crippen LogP contribution in [0, 0.1) is 19.3 Å². The van der Waals surface area contributed by atoms with Crippen LogP contribution in [-0.2, 0) is 4.79 Å². The highest BCUT2D eigenvalue weighted by Gasteiger charge is 2.40. The van der Waals surface area contributed by atoms with Crippen molar-refractivity contribution in [3.8, 4) is 0 Å². The Kier molecular flexibility index (Phi) is 5.80. The van der Waals surface area contributed by atoms with Crippen molar-refractivity contribution in [1.29, 1.82) is 0 Å². The number of nitrogens with zero attached hydrogens (tertiary/aromatic N) is 1. The number of thiocarbonyl (C=S) groups is 1.